The fraction of sp³-hybridized carbons (Fsp3) is 0.769. The molecule has 2 nitrogen and oxygen atoms in total. The van der Waals surface area contributed by atoms with Crippen LogP contribution in [-0.4, -0.2) is 12.1 Å². The van der Waals surface area contributed by atoms with E-state index in [0.717, 1.165) is 12.8 Å². The van der Waals surface area contributed by atoms with Crippen molar-refractivity contribution in [1.29, 1.82) is 0 Å². The quantitative estimate of drug-likeness (QED) is 0.515. The third-order valence-electron chi connectivity index (χ3n) is 4.49. The Morgan fingerprint density at radius 1 is 1.27 bits per heavy atom. The van der Waals surface area contributed by atoms with Gasteiger partial charge in [-0.3, -0.25) is 4.79 Å². The van der Waals surface area contributed by atoms with E-state index in [2.05, 4.69) is 33.8 Å². The van der Waals surface area contributed by atoms with Crippen molar-refractivity contribution in [3.8, 4) is 0 Å². The van der Waals surface area contributed by atoms with E-state index >= 15 is 0 Å². The Kier molecular flexibility index (Phi) is 2.21. The molecule has 15 heavy (non-hydrogen) atoms. The molecule has 0 amide bonds. The Labute approximate surface area is 91.7 Å². The second-order valence-corrected chi connectivity index (χ2v) is 5.86. The monoisotopic (exact) mass is 208 g/mol. The summed E-state index contributed by atoms with van der Waals surface area (Å²) in [4.78, 5) is 11.9. The molecule has 0 N–H and O–H groups in total. The van der Waals surface area contributed by atoms with Gasteiger partial charge in [0.15, 0.2) is 0 Å². The highest BCUT2D eigenvalue weighted by atomic mass is 16.5. The van der Waals surface area contributed by atoms with Crippen LogP contribution in [0.25, 0.3) is 0 Å². The SMILES string of the molecule is CC1(C)C(C(=O)OC2C=CCC2)C1(C)C. The van der Waals surface area contributed by atoms with Gasteiger partial charge in [0.1, 0.15) is 6.10 Å². The smallest absolute Gasteiger partial charge is 0.310 e. The molecule has 0 aromatic rings. The third kappa shape index (κ3) is 1.51. The van der Waals surface area contributed by atoms with Crippen molar-refractivity contribution in [3.05, 3.63) is 12.2 Å². The Bertz CT molecular complexity index is 298. The van der Waals surface area contributed by atoms with Gasteiger partial charge in [0.25, 0.3) is 0 Å². The fourth-order valence-corrected chi connectivity index (χ4v) is 2.71. The maximum atomic E-state index is 11.9. The summed E-state index contributed by atoms with van der Waals surface area (Å²) in [5.74, 6) is 0.0561. The van der Waals surface area contributed by atoms with Gasteiger partial charge >= 0.3 is 5.97 Å². The second kappa shape index (κ2) is 3.10. The van der Waals surface area contributed by atoms with Crippen molar-refractivity contribution < 1.29 is 9.53 Å². The molecule has 2 aliphatic carbocycles. The first-order valence-electron chi connectivity index (χ1n) is 5.74. The van der Waals surface area contributed by atoms with Crippen molar-refractivity contribution in [2.75, 3.05) is 0 Å². The first kappa shape index (κ1) is 10.7. The molecule has 1 unspecified atom stereocenters. The van der Waals surface area contributed by atoms with Crippen LogP contribution in [-0.2, 0) is 9.53 Å². The van der Waals surface area contributed by atoms with Crippen LogP contribution in [0.3, 0.4) is 0 Å². The van der Waals surface area contributed by atoms with E-state index in [1.165, 1.54) is 0 Å². The molecule has 0 heterocycles. The standard InChI is InChI=1S/C13H20O2/c1-12(2)10(13(12,3)4)11(14)15-9-7-5-6-8-9/h5,7,9-10H,6,8H2,1-4H3. The van der Waals surface area contributed by atoms with Gasteiger partial charge in [-0.25, -0.2) is 0 Å². The van der Waals surface area contributed by atoms with Gasteiger partial charge in [-0.15, -0.1) is 0 Å². The van der Waals surface area contributed by atoms with E-state index in [1.54, 1.807) is 0 Å². The summed E-state index contributed by atoms with van der Waals surface area (Å²) in [6.07, 6.45) is 6.11. The van der Waals surface area contributed by atoms with Gasteiger partial charge in [0.05, 0.1) is 5.92 Å². The lowest BCUT2D eigenvalue weighted by molar-refractivity contribution is -0.149. The Morgan fingerprint density at radius 3 is 2.27 bits per heavy atom. The molecular formula is C13H20O2. The summed E-state index contributed by atoms with van der Waals surface area (Å²) in [5, 5.41) is 0. The zero-order chi connectivity index (χ0) is 11.3. The van der Waals surface area contributed by atoms with Gasteiger partial charge < -0.3 is 4.74 Å². The highest BCUT2D eigenvalue weighted by Crippen LogP contribution is 2.68. The molecular weight excluding hydrogens is 188 g/mol. The van der Waals surface area contributed by atoms with Crippen molar-refractivity contribution >= 4 is 5.97 Å². The lowest BCUT2D eigenvalue weighted by Crippen LogP contribution is -2.18. The van der Waals surface area contributed by atoms with Gasteiger partial charge in [0, 0.05) is 0 Å². The molecule has 0 spiro atoms. The van der Waals surface area contributed by atoms with E-state index in [1.807, 2.05) is 6.08 Å². The van der Waals surface area contributed by atoms with Crippen LogP contribution < -0.4 is 0 Å². The lowest BCUT2D eigenvalue weighted by atomic mass is 10.0. The summed E-state index contributed by atoms with van der Waals surface area (Å²) < 4.78 is 5.48. The summed E-state index contributed by atoms with van der Waals surface area (Å²) in [7, 11) is 0. The van der Waals surface area contributed by atoms with Crippen LogP contribution in [0.4, 0.5) is 0 Å². The average molecular weight is 208 g/mol. The molecule has 2 rings (SSSR count). The lowest BCUT2D eigenvalue weighted by Gasteiger charge is -2.10. The van der Waals surface area contributed by atoms with Gasteiger partial charge in [-0.2, -0.15) is 0 Å². The van der Waals surface area contributed by atoms with Gasteiger partial charge in [-0.05, 0) is 29.7 Å². The predicted molar refractivity (Wildman–Crippen MR) is 59.3 cm³/mol. The topological polar surface area (TPSA) is 26.3 Å². The summed E-state index contributed by atoms with van der Waals surface area (Å²) >= 11 is 0. The summed E-state index contributed by atoms with van der Waals surface area (Å²) in [5.41, 5.74) is 0.179. The van der Waals surface area contributed by atoms with Crippen molar-refractivity contribution in [2.45, 2.75) is 46.6 Å². The molecule has 1 saturated carbocycles. The molecule has 84 valence electrons. The molecule has 1 atom stereocenters. The van der Waals surface area contributed by atoms with Crippen molar-refractivity contribution in [2.24, 2.45) is 16.7 Å². The number of ether oxygens (including phenoxy) is 1. The van der Waals surface area contributed by atoms with Gasteiger partial charge in [-0.1, -0.05) is 33.8 Å². The van der Waals surface area contributed by atoms with E-state index in [0.29, 0.717) is 0 Å². The molecule has 0 aromatic carbocycles. The van der Waals surface area contributed by atoms with Crippen LogP contribution in [0, 0.1) is 16.7 Å². The molecule has 2 aliphatic rings. The minimum atomic E-state index is -0.0125. The minimum absolute atomic E-state index is 0.0125. The third-order valence-corrected chi connectivity index (χ3v) is 4.49. The molecule has 0 saturated heterocycles. The number of esters is 1. The highest BCUT2D eigenvalue weighted by Gasteiger charge is 2.69. The van der Waals surface area contributed by atoms with Crippen LogP contribution >= 0.6 is 0 Å². The predicted octanol–water partition coefficient (Wildman–Crippen LogP) is 2.93. The molecule has 0 radical (unpaired) electrons. The number of hydrogen-bond acceptors (Lipinski definition) is 2. The zero-order valence-corrected chi connectivity index (χ0v) is 10.0. The summed E-state index contributed by atoms with van der Waals surface area (Å²) in [6, 6.07) is 0. The Hall–Kier alpha value is -0.790. The van der Waals surface area contributed by atoms with Crippen LogP contribution in [0.2, 0.25) is 0 Å². The second-order valence-electron chi connectivity index (χ2n) is 5.86. The average Bonchev–Trinajstić information content (AvgIpc) is 2.53. The maximum absolute atomic E-state index is 11.9. The van der Waals surface area contributed by atoms with E-state index in [9.17, 15) is 4.79 Å². The van der Waals surface area contributed by atoms with Crippen LogP contribution in [0.5, 0.6) is 0 Å². The Morgan fingerprint density at radius 2 is 1.87 bits per heavy atom. The zero-order valence-electron chi connectivity index (χ0n) is 10.0. The number of carbonyl (C=O) groups is 1. The largest absolute Gasteiger partial charge is 0.458 e. The molecule has 0 aliphatic heterocycles. The number of rotatable bonds is 2. The van der Waals surface area contributed by atoms with E-state index in [4.69, 9.17) is 4.74 Å². The van der Waals surface area contributed by atoms with E-state index in [-0.39, 0.29) is 28.8 Å². The number of hydrogen-bond donors (Lipinski definition) is 0. The molecule has 0 aromatic heterocycles. The first-order chi connectivity index (χ1) is 6.87. The van der Waals surface area contributed by atoms with Crippen LogP contribution in [0.15, 0.2) is 12.2 Å². The summed E-state index contributed by atoms with van der Waals surface area (Å²) in [6.45, 7) is 8.57. The maximum Gasteiger partial charge on any atom is 0.310 e. The number of allylic oxidation sites excluding steroid dienone is 1. The number of carbonyl (C=O) groups excluding carboxylic acids is 1. The van der Waals surface area contributed by atoms with Crippen molar-refractivity contribution in [1.82, 2.24) is 0 Å². The minimum Gasteiger partial charge on any atom is -0.458 e. The first-order valence-corrected chi connectivity index (χ1v) is 5.74. The molecule has 2 heteroatoms. The molecule has 0 bridgehead atoms. The normalized spacial score (nSPS) is 31.6. The van der Waals surface area contributed by atoms with Crippen LogP contribution in [0.1, 0.15) is 40.5 Å². The van der Waals surface area contributed by atoms with Crippen molar-refractivity contribution in [3.63, 3.8) is 0 Å². The van der Waals surface area contributed by atoms with E-state index < -0.39 is 0 Å². The molecule has 1 fully saturated rings. The fourth-order valence-electron chi connectivity index (χ4n) is 2.71. The Balaban J connectivity index is 1.96. The van der Waals surface area contributed by atoms with Gasteiger partial charge in [0.2, 0.25) is 0 Å². The highest BCUT2D eigenvalue weighted by molar-refractivity contribution is 5.79.